The minimum Gasteiger partial charge on any atom is -0.340 e. The van der Waals surface area contributed by atoms with Crippen LogP contribution in [0.3, 0.4) is 0 Å². The highest BCUT2D eigenvalue weighted by atomic mass is 16.2. The van der Waals surface area contributed by atoms with E-state index in [1.54, 1.807) is 0 Å². The summed E-state index contributed by atoms with van der Waals surface area (Å²) in [5.74, 6) is 0.638. The Morgan fingerprint density at radius 1 is 1.12 bits per heavy atom. The summed E-state index contributed by atoms with van der Waals surface area (Å²) in [6, 6.07) is 0.544. The molecule has 0 bridgehead atoms. The van der Waals surface area contributed by atoms with Gasteiger partial charge in [0.25, 0.3) is 0 Å². The lowest BCUT2D eigenvalue weighted by Gasteiger charge is -2.52. The van der Waals surface area contributed by atoms with Crippen molar-refractivity contribution in [2.45, 2.75) is 50.7 Å². The Labute approximate surface area is 150 Å². The van der Waals surface area contributed by atoms with E-state index in [1.165, 1.54) is 0 Å². The van der Waals surface area contributed by atoms with Crippen molar-refractivity contribution in [3.8, 4) is 0 Å². The minimum atomic E-state index is 0.00563. The zero-order chi connectivity index (χ0) is 17.6. The third-order valence-corrected chi connectivity index (χ3v) is 6.66. The van der Waals surface area contributed by atoms with Crippen LogP contribution >= 0.6 is 0 Å². The molecule has 3 heterocycles. The van der Waals surface area contributed by atoms with Gasteiger partial charge in [-0.25, -0.2) is 5.01 Å². The molecule has 1 N–H and O–H groups in total. The van der Waals surface area contributed by atoms with Gasteiger partial charge < -0.3 is 14.7 Å². The molecule has 7 nitrogen and oxygen atoms in total. The van der Waals surface area contributed by atoms with Crippen LogP contribution in [0, 0.1) is 5.92 Å². The van der Waals surface area contributed by atoms with E-state index in [4.69, 9.17) is 0 Å². The van der Waals surface area contributed by atoms with E-state index in [0.717, 1.165) is 65.0 Å². The molecular weight excluding hydrogens is 318 g/mol. The van der Waals surface area contributed by atoms with Gasteiger partial charge in [0.05, 0.1) is 0 Å². The summed E-state index contributed by atoms with van der Waals surface area (Å²) in [6.45, 7) is 7.31. The third kappa shape index (κ3) is 2.96. The van der Waals surface area contributed by atoms with E-state index in [0.29, 0.717) is 11.9 Å². The van der Waals surface area contributed by atoms with Crippen LogP contribution < -0.4 is 5.43 Å². The molecule has 25 heavy (non-hydrogen) atoms. The molecule has 0 aromatic heterocycles. The number of nitrogens with one attached hydrogen (secondary N) is 1. The second-order valence-corrected chi connectivity index (χ2v) is 8.02. The fraction of sp³-hybridized carbons (Fsp3) is 0.889. The second-order valence-electron chi connectivity index (χ2n) is 8.02. The normalized spacial score (nSPS) is 37.1. The molecule has 4 aliphatic rings. The smallest absolute Gasteiger partial charge is 0.241 e. The molecule has 4 fully saturated rings. The average Bonchev–Trinajstić information content (AvgIpc) is 3.12. The van der Waals surface area contributed by atoms with E-state index in [-0.39, 0.29) is 23.9 Å². The van der Waals surface area contributed by atoms with Crippen LogP contribution in [0.15, 0.2) is 0 Å². The van der Waals surface area contributed by atoms with Gasteiger partial charge in [0.15, 0.2) is 0 Å². The molecule has 0 aromatic rings. The molecule has 7 heteroatoms. The van der Waals surface area contributed by atoms with Gasteiger partial charge in [-0.2, -0.15) is 0 Å². The Balaban J connectivity index is 1.47. The SMILES string of the molecule is CCN1C(=O)C2CCNN2C2CCC(C(=O)N3CCN(C)CC3)CC21. The van der Waals surface area contributed by atoms with E-state index < -0.39 is 0 Å². The van der Waals surface area contributed by atoms with Crippen molar-refractivity contribution in [2.24, 2.45) is 5.92 Å². The van der Waals surface area contributed by atoms with E-state index in [1.807, 2.05) is 4.90 Å². The van der Waals surface area contributed by atoms with Crippen LogP contribution in [0.25, 0.3) is 0 Å². The number of carbonyl (C=O) groups is 2. The Kier molecular flexibility index (Phi) is 4.73. The van der Waals surface area contributed by atoms with Crippen molar-refractivity contribution < 1.29 is 9.59 Å². The zero-order valence-corrected chi connectivity index (χ0v) is 15.5. The summed E-state index contributed by atoms with van der Waals surface area (Å²) in [7, 11) is 2.11. The monoisotopic (exact) mass is 349 g/mol. The van der Waals surface area contributed by atoms with Crippen LogP contribution in [0.4, 0.5) is 0 Å². The predicted molar refractivity (Wildman–Crippen MR) is 94.6 cm³/mol. The molecule has 0 aromatic carbocycles. The van der Waals surface area contributed by atoms with E-state index >= 15 is 0 Å². The predicted octanol–water partition coefficient (Wildman–Crippen LogP) is -0.261. The molecule has 4 unspecified atom stereocenters. The Morgan fingerprint density at radius 3 is 2.60 bits per heavy atom. The lowest BCUT2D eigenvalue weighted by molar-refractivity contribution is -0.157. The van der Waals surface area contributed by atoms with E-state index in [9.17, 15) is 9.59 Å². The number of hydrazine groups is 1. The highest BCUT2D eigenvalue weighted by molar-refractivity contribution is 5.84. The van der Waals surface area contributed by atoms with Crippen LogP contribution in [0.5, 0.6) is 0 Å². The Morgan fingerprint density at radius 2 is 1.88 bits per heavy atom. The van der Waals surface area contributed by atoms with Gasteiger partial charge in [-0.05, 0) is 39.7 Å². The number of nitrogens with zero attached hydrogens (tertiary/aromatic N) is 4. The van der Waals surface area contributed by atoms with Gasteiger partial charge in [0, 0.05) is 57.3 Å². The molecule has 1 saturated carbocycles. The first-order chi connectivity index (χ1) is 12.1. The van der Waals surface area contributed by atoms with Crippen LogP contribution in [0.1, 0.15) is 32.6 Å². The summed E-state index contributed by atoms with van der Waals surface area (Å²) >= 11 is 0. The molecular formula is C18H31N5O2. The maximum atomic E-state index is 13.0. The molecule has 3 saturated heterocycles. The van der Waals surface area contributed by atoms with Crippen molar-refractivity contribution in [3.63, 3.8) is 0 Å². The van der Waals surface area contributed by atoms with Crippen LogP contribution in [-0.4, -0.2) is 96.0 Å². The zero-order valence-electron chi connectivity index (χ0n) is 15.5. The molecule has 1 aliphatic carbocycles. The van der Waals surface area contributed by atoms with Gasteiger partial charge >= 0.3 is 0 Å². The Hall–Kier alpha value is -1.18. The molecule has 3 aliphatic heterocycles. The Bertz CT molecular complexity index is 534. The average molecular weight is 349 g/mol. The van der Waals surface area contributed by atoms with Gasteiger partial charge in [0.2, 0.25) is 11.8 Å². The minimum absolute atomic E-state index is 0.00563. The standard InChI is InChI=1S/C18H31N5O2/c1-3-22-16-12-13(17(24)21-10-8-20(2)9-11-21)4-5-14(16)23-15(18(22)25)6-7-19-23/h13-16,19H,3-12H2,1-2H3. The summed E-state index contributed by atoms with van der Waals surface area (Å²) in [5.41, 5.74) is 3.43. The number of amides is 2. The van der Waals surface area contributed by atoms with Gasteiger partial charge in [-0.3, -0.25) is 15.0 Å². The number of carbonyl (C=O) groups excluding carboxylic acids is 2. The molecule has 140 valence electrons. The summed E-state index contributed by atoms with van der Waals surface area (Å²) in [4.78, 5) is 32.2. The number of hydrogen-bond donors (Lipinski definition) is 1. The number of piperazine rings is 2. The highest BCUT2D eigenvalue weighted by Gasteiger charge is 2.51. The fourth-order valence-corrected chi connectivity index (χ4v) is 5.22. The first kappa shape index (κ1) is 17.2. The quantitative estimate of drug-likeness (QED) is 0.744. The van der Waals surface area contributed by atoms with Gasteiger partial charge in [-0.1, -0.05) is 0 Å². The van der Waals surface area contributed by atoms with Crippen molar-refractivity contribution in [1.82, 2.24) is 25.1 Å². The van der Waals surface area contributed by atoms with Crippen LogP contribution in [0.2, 0.25) is 0 Å². The maximum absolute atomic E-state index is 13.0. The third-order valence-electron chi connectivity index (χ3n) is 6.66. The number of rotatable bonds is 2. The summed E-state index contributed by atoms with van der Waals surface area (Å²) in [6.07, 6.45) is 3.67. The lowest BCUT2D eigenvalue weighted by Crippen LogP contribution is -2.68. The van der Waals surface area contributed by atoms with Gasteiger partial charge in [0.1, 0.15) is 6.04 Å². The highest BCUT2D eigenvalue weighted by Crippen LogP contribution is 2.37. The molecule has 4 atom stereocenters. The molecule has 0 spiro atoms. The largest absolute Gasteiger partial charge is 0.340 e. The van der Waals surface area contributed by atoms with Crippen molar-refractivity contribution in [1.29, 1.82) is 0 Å². The van der Waals surface area contributed by atoms with Crippen molar-refractivity contribution >= 4 is 11.8 Å². The lowest BCUT2D eigenvalue weighted by atomic mass is 9.78. The molecule has 2 amide bonds. The number of hydrogen-bond acceptors (Lipinski definition) is 5. The first-order valence-electron chi connectivity index (χ1n) is 9.89. The summed E-state index contributed by atoms with van der Waals surface area (Å²) < 4.78 is 0. The number of likely N-dealkylation sites (N-methyl/N-ethyl adjacent to an activating group) is 2. The maximum Gasteiger partial charge on any atom is 0.241 e. The van der Waals surface area contributed by atoms with Crippen molar-refractivity contribution in [3.05, 3.63) is 0 Å². The topological polar surface area (TPSA) is 59.1 Å². The van der Waals surface area contributed by atoms with Gasteiger partial charge in [-0.15, -0.1) is 0 Å². The second kappa shape index (κ2) is 6.85. The number of fused-ring (bicyclic) bond motifs is 3. The van der Waals surface area contributed by atoms with Crippen molar-refractivity contribution in [2.75, 3.05) is 46.3 Å². The summed E-state index contributed by atoms with van der Waals surface area (Å²) in [5, 5.41) is 2.22. The first-order valence-corrected chi connectivity index (χ1v) is 9.89. The van der Waals surface area contributed by atoms with E-state index in [2.05, 4.69) is 34.2 Å². The molecule has 4 rings (SSSR count). The fourth-order valence-electron chi connectivity index (χ4n) is 5.22. The molecule has 0 radical (unpaired) electrons. The van der Waals surface area contributed by atoms with Crippen LogP contribution in [-0.2, 0) is 9.59 Å².